The molecule has 0 saturated heterocycles. The third-order valence-electron chi connectivity index (χ3n) is 3.50. The van der Waals surface area contributed by atoms with Crippen LogP contribution in [0.4, 0.5) is 0 Å². The van der Waals surface area contributed by atoms with Crippen molar-refractivity contribution in [2.75, 3.05) is 7.05 Å². The predicted octanol–water partition coefficient (Wildman–Crippen LogP) is 1.12. The molecule has 1 heterocycles. The molecule has 0 bridgehead atoms. The topological polar surface area (TPSA) is 47.1 Å². The maximum Gasteiger partial charge on any atom is 0.0534 e. The number of rotatable bonds is 3. The molecule has 0 spiro atoms. The van der Waals surface area contributed by atoms with Crippen LogP contribution in [0.1, 0.15) is 31.2 Å². The molecule has 1 aliphatic carbocycles. The van der Waals surface area contributed by atoms with Gasteiger partial charge in [-0.25, -0.2) is 0 Å². The Morgan fingerprint density at radius 1 is 1.56 bits per heavy atom. The van der Waals surface area contributed by atoms with Crippen molar-refractivity contribution in [2.45, 2.75) is 44.3 Å². The van der Waals surface area contributed by atoms with Gasteiger partial charge in [-0.15, -0.1) is 0 Å². The summed E-state index contributed by atoms with van der Waals surface area (Å²) < 4.78 is 1.86. The summed E-state index contributed by atoms with van der Waals surface area (Å²) in [7, 11) is 4.15. The van der Waals surface area contributed by atoms with Crippen LogP contribution in [0.3, 0.4) is 0 Å². The van der Waals surface area contributed by atoms with Gasteiger partial charge in [0.25, 0.3) is 0 Å². The van der Waals surface area contributed by atoms with Gasteiger partial charge in [-0.05, 0) is 26.3 Å². The van der Waals surface area contributed by atoms with Crippen LogP contribution in [-0.2, 0) is 13.6 Å². The highest BCUT2D eigenvalue weighted by molar-refractivity contribution is 5.03. The Labute approximate surface area is 97.4 Å². The van der Waals surface area contributed by atoms with Crippen LogP contribution in [0.25, 0.3) is 0 Å². The first-order valence-corrected chi connectivity index (χ1v) is 6.08. The largest absolute Gasteiger partial charge is 0.328 e. The number of nitrogens with zero attached hydrogens (tertiary/aromatic N) is 3. The molecule has 4 heteroatoms. The molecule has 2 atom stereocenters. The molecule has 1 aromatic rings. The van der Waals surface area contributed by atoms with Gasteiger partial charge in [-0.2, -0.15) is 5.10 Å². The molecular formula is C12H22N4. The van der Waals surface area contributed by atoms with Gasteiger partial charge in [0.2, 0.25) is 0 Å². The second-order valence-corrected chi connectivity index (χ2v) is 5.02. The van der Waals surface area contributed by atoms with Crippen molar-refractivity contribution in [1.82, 2.24) is 14.7 Å². The molecule has 90 valence electrons. The fourth-order valence-corrected chi connectivity index (χ4v) is 2.57. The van der Waals surface area contributed by atoms with Gasteiger partial charge in [-0.3, -0.25) is 9.58 Å². The zero-order valence-corrected chi connectivity index (χ0v) is 10.3. The third kappa shape index (κ3) is 2.83. The van der Waals surface area contributed by atoms with Crippen molar-refractivity contribution in [2.24, 2.45) is 12.8 Å². The van der Waals surface area contributed by atoms with Crippen LogP contribution in [0.2, 0.25) is 0 Å². The lowest BCUT2D eigenvalue weighted by Crippen LogP contribution is -2.40. The molecular weight excluding hydrogens is 200 g/mol. The van der Waals surface area contributed by atoms with E-state index in [9.17, 15) is 0 Å². The van der Waals surface area contributed by atoms with E-state index in [1.807, 2.05) is 17.9 Å². The molecule has 0 radical (unpaired) electrons. The molecule has 1 aromatic heterocycles. The van der Waals surface area contributed by atoms with E-state index in [1.54, 1.807) is 0 Å². The summed E-state index contributed by atoms with van der Waals surface area (Å²) in [6.45, 7) is 0.977. The zero-order valence-electron chi connectivity index (χ0n) is 10.3. The molecule has 0 aliphatic heterocycles. The maximum absolute atomic E-state index is 6.02. The van der Waals surface area contributed by atoms with E-state index in [-0.39, 0.29) is 0 Å². The highest BCUT2D eigenvalue weighted by Gasteiger charge is 2.22. The predicted molar refractivity (Wildman–Crippen MR) is 64.9 cm³/mol. The number of hydrogen-bond donors (Lipinski definition) is 1. The SMILES string of the molecule is CN(Cc1cnn(C)c1)C1CCCC(N)C1. The van der Waals surface area contributed by atoms with Gasteiger partial charge in [0.15, 0.2) is 0 Å². The molecule has 16 heavy (non-hydrogen) atoms. The van der Waals surface area contributed by atoms with E-state index in [0.29, 0.717) is 12.1 Å². The van der Waals surface area contributed by atoms with Crippen LogP contribution in [-0.4, -0.2) is 33.8 Å². The van der Waals surface area contributed by atoms with Crippen molar-refractivity contribution >= 4 is 0 Å². The standard InChI is InChI=1S/C12H22N4/c1-15(8-10-7-14-16(2)9-10)12-5-3-4-11(13)6-12/h7,9,11-12H,3-6,8,13H2,1-2H3. The second kappa shape index (κ2) is 4.97. The number of aryl methyl sites for hydroxylation is 1. The van der Waals surface area contributed by atoms with Crippen LogP contribution in [0.5, 0.6) is 0 Å². The lowest BCUT2D eigenvalue weighted by molar-refractivity contribution is 0.173. The Balaban J connectivity index is 1.89. The Morgan fingerprint density at radius 2 is 2.38 bits per heavy atom. The molecule has 2 N–H and O–H groups in total. The molecule has 1 aliphatic rings. The fourth-order valence-electron chi connectivity index (χ4n) is 2.57. The summed E-state index contributed by atoms with van der Waals surface area (Å²) in [6, 6.07) is 1.04. The molecule has 0 aromatic carbocycles. The van der Waals surface area contributed by atoms with Crippen molar-refractivity contribution in [3.63, 3.8) is 0 Å². The van der Waals surface area contributed by atoms with E-state index < -0.39 is 0 Å². The minimum Gasteiger partial charge on any atom is -0.328 e. The molecule has 2 unspecified atom stereocenters. The summed E-state index contributed by atoms with van der Waals surface area (Å²) in [4.78, 5) is 2.41. The van der Waals surface area contributed by atoms with Gasteiger partial charge < -0.3 is 5.73 Å². The number of aromatic nitrogens is 2. The summed E-state index contributed by atoms with van der Waals surface area (Å²) in [5, 5.41) is 4.20. The van der Waals surface area contributed by atoms with E-state index >= 15 is 0 Å². The summed E-state index contributed by atoms with van der Waals surface area (Å²) in [6.07, 6.45) is 8.90. The van der Waals surface area contributed by atoms with Gasteiger partial charge in [-0.1, -0.05) is 6.42 Å². The average Bonchev–Trinajstić information content (AvgIpc) is 2.64. The first-order chi connectivity index (χ1) is 7.65. The van der Waals surface area contributed by atoms with Gasteiger partial charge in [0, 0.05) is 37.4 Å². The molecule has 0 amide bonds. The molecule has 1 saturated carbocycles. The first-order valence-electron chi connectivity index (χ1n) is 6.08. The quantitative estimate of drug-likeness (QED) is 0.833. The van der Waals surface area contributed by atoms with Crippen molar-refractivity contribution in [3.8, 4) is 0 Å². The van der Waals surface area contributed by atoms with Crippen molar-refractivity contribution in [3.05, 3.63) is 18.0 Å². The lowest BCUT2D eigenvalue weighted by atomic mass is 9.90. The number of hydrogen-bond acceptors (Lipinski definition) is 3. The summed E-state index contributed by atoms with van der Waals surface area (Å²) in [5.41, 5.74) is 7.30. The second-order valence-electron chi connectivity index (χ2n) is 5.02. The monoisotopic (exact) mass is 222 g/mol. The fraction of sp³-hybridized carbons (Fsp3) is 0.750. The highest BCUT2D eigenvalue weighted by Crippen LogP contribution is 2.22. The average molecular weight is 222 g/mol. The smallest absolute Gasteiger partial charge is 0.0534 e. The van der Waals surface area contributed by atoms with Crippen molar-refractivity contribution < 1.29 is 0 Å². The first kappa shape index (κ1) is 11.6. The van der Waals surface area contributed by atoms with Gasteiger partial charge in [0.1, 0.15) is 0 Å². The van der Waals surface area contributed by atoms with E-state index in [1.165, 1.54) is 24.8 Å². The van der Waals surface area contributed by atoms with Crippen molar-refractivity contribution in [1.29, 1.82) is 0 Å². The van der Waals surface area contributed by atoms with E-state index in [0.717, 1.165) is 13.0 Å². The number of nitrogens with two attached hydrogens (primary N) is 1. The zero-order chi connectivity index (χ0) is 11.5. The molecule has 2 rings (SSSR count). The third-order valence-corrected chi connectivity index (χ3v) is 3.50. The lowest BCUT2D eigenvalue weighted by Gasteiger charge is -2.33. The summed E-state index contributed by atoms with van der Waals surface area (Å²) >= 11 is 0. The van der Waals surface area contributed by atoms with Crippen LogP contribution in [0, 0.1) is 0 Å². The van der Waals surface area contributed by atoms with E-state index in [2.05, 4.69) is 23.2 Å². The van der Waals surface area contributed by atoms with Crippen LogP contribution in [0.15, 0.2) is 12.4 Å². The maximum atomic E-state index is 6.02. The van der Waals surface area contributed by atoms with E-state index in [4.69, 9.17) is 5.73 Å². The Morgan fingerprint density at radius 3 is 3.00 bits per heavy atom. The Hall–Kier alpha value is -0.870. The molecule has 1 fully saturated rings. The van der Waals surface area contributed by atoms with Gasteiger partial charge in [0.05, 0.1) is 6.20 Å². The molecule has 4 nitrogen and oxygen atoms in total. The Bertz CT molecular complexity index is 334. The highest BCUT2D eigenvalue weighted by atomic mass is 15.2. The van der Waals surface area contributed by atoms with Crippen LogP contribution < -0.4 is 5.73 Å². The Kier molecular flexibility index (Phi) is 3.61. The summed E-state index contributed by atoms with van der Waals surface area (Å²) in [5.74, 6) is 0. The van der Waals surface area contributed by atoms with Gasteiger partial charge >= 0.3 is 0 Å². The minimum absolute atomic E-state index is 0.398. The normalized spacial score (nSPS) is 26.2. The minimum atomic E-state index is 0.398. The van der Waals surface area contributed by atoms with Crippen LogP contribution >= 0.6 is 0 Å².